The zero-order chi connectivity index (χ0) is 18.6. The Morgan fingerprint density at radius 1 is 0.519 bits per heavy atom. The lowest BCUT2D eigenvalue weighted by Crippen LogP contribution is -2.09. The minimum absolute atomic E-state index is 0.265. The summed E-state index contributed by atoms with van der Waals surface area (Å²) in [6, 6.07) is 34.7. The Kier molecular flexibility index (Phi) is 4.63. The molecule has 132 valence electrons. The van der Waals surface area contributed by atoms with Crippen LogP contribution in [-0.4, -0.2) is 5.11 Å². The fourth-order valence-corrected chi connectivity index (χ4v) is 3.17. The maximum atomic E-state index is 9.64. The van der Waals surface area contributed by atoms with Crippen LogP contribution >= 0.6 is 0 Å². The first-order chi connectivity index (χ1) is 13.2. The van der Waals surface area contributed by atoms with Gasteiger partial charge in [0.15, 0.2) is 0 Å². The largest absolute Gasteiger partial charge is 0.508 e. The van der Waals surface area contributed by atoms with Gasteiger partial charge in [-0.25, -0.2) is 0 Å². The summed E-state index contributed by atoms with van der Waals surface area (Å²) in [5.41, 5.74) is 6.81. The van der Waals surface area contributed by atoms with Crippen LogP contribution in [0, 0.1) is 6.92 Å². The topological polar surface area (TPSA) is 23.5 Å². The van der Waals surface area contributed by atoms with Crippen molar-refractivity contribution in [1.29, 1.82) is 0 Å². The summed E-state index contributed by atoms with van der Waals surface area (Å²) in [5.74, 6) is 0.265. The highest BCUT2D eigenvalue weighted by molar-refractivity contribution is 5.78. The van der Waals surface area contributed by atoms with Crippen LogP contribution in [-0.2, 0) is 0 Å². The molecule has 0 heterocycles. The number of para-hydroxylation sites is 1. The third-order valence-electron chi connectivity index (χ3n) is 4.63. The van der Waals surface area contributed by atoms with E-state index < -0.39 is 0 Å². The monoisotopic (exact) mass is 351 g/mol. The van der Waals surface area contributed by atoms with Gasteiger partial charge in [-0.2, -0.15) is 0 Å². The van der Waals surface area contributed by atoms with Gasteiger partial charge in [0.2, 0.25) is 0 Å². The van der Waals surface area contributed by atoms with Crippen LogP contribution < -0.4 is 4.90 Å². The molecule has 0 radical (unpaired) electrons. The SMILES string of the molecule is Cc1ccc(-c2ccc(N(c3ccccc3)c3ccc(O)cc3)cc2)cc1. The van der Waals surface area contributed by atoms with E-state index in [-0.39, 0.29) is 5.75 Å². The number of phenols is 1. The summed E-state index contributed by atoms with van der Waals surface area (Å²) in [4.78, 5) is 2.18. The Labute approximate surface area is 160 Å². The van der Waals surface area contributed by atoms with Crippen molar-refractivity contribution >= 4 is 17.1 Å². The summed E-state index contributed by atoms with van der Waals surface area (Å²) in [6.07, 6.45) is 0. The molecule has 0 unspecified atom stereocenters. The average Bonchev–Trinajstić information content (AvgIpc) is 2.72. The van der Waals surface area contributed by atoms with Gasteiger partial charge in [-0.15, -0.1) is 0 Å². The van der Waals surface area contributed by atoms with Gasteiger partial charge in [0, 0.05) is 17.1 Å². The number of hydrogen-bond donors (Lipinski definition) is 1. The van der Waals surface area contributed by atoms with E-state index in [4.69, 9.17) is 0 Å². The van der Waals surface area contributed by atoms with Crippen molar-refractivity contribution in [3.63, 3.8) is 0 Å². The highest BCUT2D eigenvalue weighted by atomic mass is 16.3. The van der Waals surface area contributed by atoms with Crippen molar-refractivity contribution in [2.24, 2.45) is 0 Å². The maximum Gasteiger partial charge on any atom is 0.115 e. The first-order valence-corrected chi connectivity index (χ1v) is 9.02. The predicted octanol–water partition coefficient (Wildman–Crippen LogP) is 6.84. The highest BCUT2D eigenvalue weighted by Crippen LogP contribution is 2.35. The molecule has 4 aromatic rings. The summed E-state index contributed by atoms with van der Waals surface area (Å²) >= 11 is 0. The second-order valence-corrected chi connectivity index (χ2v) is 6.60. The van der Waals surface area contributed by atoms with Crippen molar-refractivity contribution in [1.82, 2.24) is 0 Å². The van der Waals surface area contributed by atoms with Crippen LogP contribution in [0.5, 0.6) is 5.75 Å². The standard InChI is InChI=1S/C25H21NO/c1-19-7-9-20(10-8-19)21-11-13-23(14-12-21)26(22-5-3-2-4-6-22)24-15-17-25(27)18-16-24/h2-18,27H,1H3. The molecule has 2 heteroatoms. The first-order valence-electron chi connectivity index (χ1n) is 9.02. The van der Waals surface area contributed by atoms with Crippen molar-refractivity contribution in [3.05, 3.63) is 109 Å². The third-order valence-corrected chi connectivity index (χ3v) is 4.63. The molecule has 0 aliphatic rings. The lowest BCUT2D eigenvalue weighted by molar-refractivity contribution is 0.475. The number of hydrogen-bond acceptors (Lipinski definition) is 2. The molecule has 0 saturated carbocycles. The van der Waals surface area contributed by atoms with Crippen molar-refractivity contribution < 1.29 is 5.11 Å². The predicted molar refractivity (Wildman–Crippen MR) is 113 cm³/mol. The number of nitrogens with zero attached hydrogens (tertiary/aromatic N) is 1. The Bertz CT molecular complexity index is 1000. The molecule has 0 aliphatic carbocycles. The number of aromatic hydroxyl groups is 1. The lowest BCUT2D eigenvalue weighted by Gasteiger charge is -2.25. The van der Waals surface area contributed by atoms with Gasteiger partial charge in [-0.1, -0.05) is 60.2 Å². The van der Waals surface area contributed by atoms with Gasteiger partial charge in [0.25, 0.3) is 0 Å². The molecule has 0 fully saturated rings. The zero-order valence-electron chi connectivity index (χ0n) is 15.2. The van der Waals surface area contributed by atoms with Gasteiger partial charge in [0.05, 0.1) is 0 Å². The number of rotatable bonds is 4. The summed E-state index contributed by atoms with van der Waals surface area (Å²) in [6.45, 7) is 2.10. The van der Waals surface area contributed by atoms with Crippen LogP contribution in [0.3, 0.4) is 0 Å². The van der Waals surface area contributed by atoms with Crippen molar-refractivity contribution in [3.8, 4) is 16.9 Å². The fourth-order valence-electron chi connectivity index (χ4n) is 3.17. The molecule has 2 nitrogen and oxygen atoms in total. The summed E-state index contributed by atoms with van der Waals surface area (Å²) in [7, 11) is 0. The quantitative estimate of drug-likeness (QED) is 0.435. The molecule has 0 aliphatic heterocycles. The molecule has 4 rings (SSSR count). The van der Waals surface area contributed by atoms with Gasteiger partial charge in [-0.05, 0) is 66.6 Å². The molecule has 0 bridgehead atoms. The van der Waals surface area contributed by atoms with Crippen LogP contribution in [0.4, 0.5) is 17.1 Å². The molecule has 4 aromatic carbocycles. The van der Waals surface area contributed by atoms with Crippen molar-refractivity contribution in [2.45, 2.75) is 6.92 Å². The van der Waals surface area contributed by atoms with Crippen molar-refractivity contribution in [2.75, 3.05) is 4.90 Å². The van der Waals surface area contributed by atoms with Crippen LogP contribution in [0.2, 0.25) is 0 Å². The summed E-state index contributed by atoms with van der Waals surface area (Å²) in [5, 5.41) is 9.64. The number of aryl methyl sites for hydroxylation is 1. The van der Waals surface area contributed by atoms with E-state index in [0.29, 0.717) is 0 Å². The molecule has 0 saturated heterocycles. The Morgan fingerprint density at radius 3 is 1.52 bits per heavy atom. The van der Waals surface area contributed by atoms with E-state index in [1.807, 2.05) is 30.3 Å². The van der Waals surface area contributed by atoms with E-state index in [2.05, 4.69) is 72.5 Å². The maximum absolute atomic E-state index is 9.64. The second kappa shape index (κ2) is 7.38. The van der Waals surface area contributed by atoms with Gasteiger partial charge < -0.3 is 10.0 Å². The fraction of sp³-hybridized carbons (Fsp3) is 0.0400. The highest BCUT2D eigenvalue weighted by Gasteiger charge is 2.12. The number of phenolic OH excluding ortho intramolecular Hbond substituents is 1. The number of benzene rings is 4. The second-order valence-electron chi connectivity index (χ2n) is 6.60. The minimum Gasteiger partial charge on any atom is -0.508 e. The van der Waals surface area contributed by atoms with E-state index in [1.54, 1.807) is 12.1 Å². The molecule has 0 atom stereocenters. The first kappa shape index (κ1) is 16.9. The molecule has 0 aromatic heterocycles. The van der Waals surface area contributed by atoms with Gasteiger partial charge in [-0.3, -0.25) is 0 Å². The Hall–Kier alpha value is -3.52. The third kappa shape index (κ3) is 3.70. The minimum atomic E-state index is 0.265. The van der Waals surface area contributed by atoms with Crippen LogP contribution in [0.15, 0.2) is 103 Å². The molecule has 0 spiro atoms. The van der Waals surface area contributed by atoms with E-state index in [0.717, 1.165) is 17.1 Å². The van der Waals surface area contributed by atoms with E-state index >= 15 is 0 Å². The zero-order valence-corrected chi connectivity index (χ0v) is 15.2. The molecular formula is C25H21NO. The molecule has 1 N–H and O–H groups in total. The molecule has 27 heavy (non-hydrogen) atoms. The van der Waals surface area contributed by atoms with Crippen LogP contribution in [0.25, 0.3) is 11.1 Å². The number of anilines is 3. The molecule has 0 amide bonds. The molecular weight excluding hydrogens is 330 g/mol. The van der Waals surface area contributed by atoms with Crippen LogP contribution in [0.1, 0.15) is 5.56 Å². The normalized spacial score (nSPS) is 10.6. The summed E-state index contributed by atoms with van der Waals surface area (Å²) < 4.78 is 0. The Morgan fingerprint density at radius 2 is 0.963 bits per heavy atom. The lowest BCUT2D eigenvalue weighted by atomic mass is 10.0. The van der Waals surface area contributed by atoms with Gasteiger partial charge in [0.1, 0.15) is 5.75 Å². The van der Waals surface area contributed by atoms with E-state index in [9.17, 15) is 5.11 Å². The Balaban J connectivity index is 1.74. The average molecular weight is 351 g/mol. The smallest absolute Gasteiger partial charge is 0.115 e. The van der Waals surface area contributed by atoms with E-state index in [1.165, 1.54) is 16.7 Å². The van der Waals surface area contributed by atoms with Gasteiger partial charge >= 0.3 is 0 Å².